The number of anilines is 1. The Morgan fingerprint density at radius 3 is 2.92 bits per heavy atom. The quantitative estimate of drug-likeness (QED) is 0.399. The topological polar surface area (TPSA) is 128 Å². The summed E-state index contributed by atoms with van der Waals surface area (Å²) in [4.78, 5) is 36.7. The van der Waals surface area contributed by atoms with E-state index in [0.717, 1.165) is 15.8 Å². The largest absolute Gasteiger partial charge is 0.494 e. The van der Waals surface area contributed by atoms with Crippen LogP contribution in [0.5, 0.6) is 0 Å². The third kappa shape index (κ3) is 4.44. The van der Waals surface area contributed by atoms with Gasteiger partial charge in [-0.1, -0.05) is 6.58 Å². The van der Waals surface area contributed by atoms with Gasteiger partial charge in [0.1, 0.15) is 5.76 Å². The zero-order chi connectivity index (χ0) is 25.9. The maximum atomic E-state index is 13.0. The molecule has 0 radical (unpaired) electrons. The van der Waals surface area contributed by atoms with Gasteiger partial charge in [-0.15, -0.1) is 11.3 Å². The lowest BCUT2D eigenvalue weighted by Gasteiger charge is -2.52. The van der Waals surface area contributed by atoms with Crippen LogP contribution in [0.25, 0.3) is 16.0 Å². The number of carboxylic acid groups (broad SMARTS) is 1. The van der Waals surface area contributed by atoms with Gasteiger partial charge in [-0.25, -0.2) is 14.8 Å². The summed E-state index contributed by atoms with van der Waals surface area (Å²) in [6, 6.07) is 3.39. The number of aliphatic imine (C=N–C) groups is 1. The first-order chi connectivity index (χ1) is 17.3. The van der Waals surface area contributed by atoms with E-state index in [4.69, 9.17) is 9.73 Å². The highest BCUT2D eigenvalue weighted by Crippen LogP contribution is 2.46. The number of carbonyl (C=O) groups is 2. The Labute approximate surface area is 214 Å². The molecule has 4 rings (SSSR count). The fourth-order valence-corrected chi connectivity index (χ4v) is 5.74. The van der Waals surface area contributed by atoms with Gasteiger partial charge in [-0.2, -0.15) is 0 Å². The Bertz CT molecular complexity index is 1230. The molecular weight excluding hydrogens is 480 g/mol. The Morgan fingerprint density at radius 1 is 1.39 bits per heavy atom. The van der Waals surface area contributed by atoms with Crippen LogP contribution in [0.15, 0.2) is 41.5 Å². The van der Waals surface area contributed by atoms with Gasteiger partial charge in [0.2, 0.25) is 5.79 Å². The Balaban J connectivity index is 1.92. The molecule has 2 aliphatic heterocycles. The molecule has 3 heterocycles. The maximum Gasteiger partial charge on any atom is 0.318 e. The molecule has 0 spiro atoms. The van der Waals surface area contributed by atoms with Crippen molar-refractivity contribution in [2.24, 2.45) is 16.3 Å². The number of thiazole rings is 1. The van der Waals surface area contributed by atoms with Crippen LogP contribution in [0.3, 0.4) is 0 Å². The number of hydrogen-bond donors (Lipinski definition) is 4. The number of allylic oxidation sites excluding steroid dienone is 1. The van der Waals surface area contributed by atoms with Crippen LogP contribution >= 0.6 is 11.3 Å². The minimum atomic E-state index is -1.43. The number of fused-ring (bicyclic) bond motifs is 1. The maximum absolute atomic E-state index is 13.0. The second-order valence-corrected chi connectivity index (χ2v) is 9.83. The molecule has 10 nitrogen and oxygen atoms in total. The highest BCUT2D eigenvalue weighted by Gasteiger charge is 2.57. The molecule has 0 aliphatic carbocycles. The predicted molar refractivity (Wildman–Crippen MR) is 142 cm³/mol. The van der Waals surface area contributed by atoms with Crippen LogP contribution in [-0.4, -0.2) is 60.3 Å². The number of aliphatic carboxylic acids is 1. The number of nitrogens with zero attached hydrogens (tertiary/aromatic N) is 3. The standard InChI is InChI=1S/C25H32N6O4S/c1-5-27-23(34)30-25(20-14-26-10-8-24(20,4)22(32)33)29-9-7-11-31(25)17-12-18(16(3)35-6-2)21-19(13-17)28-15-36-21/h7,9,11-13,15,20,26H,3,5-6,8,10,14H2,1-2,4H3,(H,32,33)(H2,27,30,34). The van der Waals surface area contributed by atoms with Crippen LogP contribution in [0, 0.1) is 11.3 Å². The summed E-state index contributed by atoms with van der Waals surface area (Å²) in [5.41, 5.74) is 2.80. The van der Waals surface area contributed by atoms with E-state index in [1.165, 1.54) is 11.3 Å². The van der Waals surface area contributed by atoms with Gasteiger partial charge in [-0.05, 0) is 51.9 Å². The Kier molecular flexibility index (Phi) is 7.32. The van der Waals surface area contributed by atoms with Crippen molar-refractivity contribution in [2.75, 3.05) is 31.1 Å². The summed E-state index contributed by atoms with van der Waals surface area (Å²) >= 11 is 1.49. The van der Waals surface area contributed by atoms with E-state index < -0.39 is 29.1 Å². The molecule has 0 bridgehead atoms. The molecule has 3 unspecified atom stereocenters. The summed E-state index contributed by atoms with van der Waals surface area (Å²) in [5, 5.41) is 19.4. The van der Waals surface area contributed by atoms with Crippen molar-refractivity contribution in [3.8, 4) is 0 Å². The number of aromatic nitrogens is 1. The molecule has 1 saturated heterocycles. The number of nitrogens with one attached hydrogen (secondary N) is 3. The number of amides is 2. The first kappa shape index (κ1) is 25.6. The van der Waals surface area contributed by atoms with Gasteiger partial charge >= 0.3 is 12.0 Å². The van der Waals surface area contributed by atoms with Crippen molar-refractivity contribution in [1.29, 1.82) is 0 Å². The molecule has 0 saturated carbocycles. The van der Waals surface area contributed by atoms with Crippen molar-refractivity contribution in [3.05, 3.63) is 42.1 Å². The first-order valence-electron chi connectivity index (χ1n) is 12.0. The number of carbonyl (C=O) groups excluding carboxylic acids is 1. The van der Waals surface area contributed by atoms with E-state index in [9.17, 15) is 14.7 Å². The Morgan fingerprint density at radius 2 is 2.19 bits per heavy atom. The van der Waals surface area contributed by atoms with Gasteiger partial charge in [-0.3, -0.25) is 10.1 Å². The molecule has 2 aliphatic rings. The molecule has 1 fully saturated rings. The number of piperidine rings is 1. The number of rotatable bonds is 8. The number of benzene rings is 1. The van der Waals surface area contributed by atoms with Crippen LogP contribution in [0.2, 0.25) is 0 Å². The molecule has 11 heteroatoms. The highest BCUT2D eigenvalue weighted by atomic mass is 32.1. The van der Waals surface area contributed by atoms with E-state index in [1.54, 1.807) is 30.9 Å². The Hall–Kier alpha value is -3.44. The molecule has 3 atom stereocenters. The van der Waals surface area contributed by atoms with Gasteiger partial charge in [0.05, 0.1) is 33.7 Å². The zero-order valence-corrected chi connectivity index (χ0v) is 21.5. The number of urea groups is 1. The third-order valence-corrected chi connectivity index (χ3v) is 7.70. The molecule has 2 amide bonds. The van der Waals surface area contributed by atoms with E-state index in [2.05, 4.69) is 27.5 Å². The number of carboxylic acids is 1. The predicted octanol–water partition coefficient (Wildman–Crippen LogP) is 3.38. The minimum absolute atomic E-state index is 0.342. The van der Waals surface area contributed by atoms with Crippen LogP contribution in [0.1, 0.15) is 32.8 Å². The van der Waals surface area contributed by atoms with Crippen molar-refractivity contribution in [2.45, 2.75) is 33.0 Å². The van der Waals surface area contributed by atoms with Gasteiger partial charge < -0.3 is 25.4 Å². The lowest BCUT2D eigenvalue weighted by atomic mass is 9.68. The van der Waals surface area contributed by atoms with Gasteiger partial charge in [0.25, 0.3) is 0 Å². The molecule has 1 aromatic carbocycles. The average molecular weight is 513 g/mol. The number of hydrogen-bond acceptors (Lipinski definition) is 8. The van der Waals surface area contributed by atoms with Crippen LogP contribution in [-0.2, 0) is 9.53 Å². The molecule has 1 aromatic heterocycles. The van der Waals surface area contributed by atoms with E-state index in [0.29, 0.717) is 44.1 Å². The van der Waals surface area contributed by atoms with Crippen LogP contribution < -0.4 is 20.9 Å². The van der Waals surface area contributed by atoms with Gasteiger partial charge in [0.15, 0.2) is 0 Å². The summed E-state index contributed by atoms with van der Waals surface area (Å²) < 4.78 is 6.66. The molecular formula is C25H32N6O4S. The van der Waals surface area contributed by atoms with Crippen LogP contribution in [0.4, 0.5) is 10.5 Å². The second kappa shape index (κ2) is 10.3. The second-order valence-electron chi connectivity index (χ2n) is 8.98. The van der Waals surface area contributed by atoms with Crippen molar-refractivity contribution in [1.82, 2.24) is 20.9 Å². The SMILES string of the molecule is C=C(OCC)c1cc(N2C=CC=NC2(NC(=O)NCC)C2CNCCC2(C)C(=O)O)cc2ncsc12. The third-order valence-electron chi connectivity index (χ3n) is 6.82. The van der Waals surface area contributed by atoms with Crippen molar-refractivity contribution < 1.29 is 19.4 Å². The number of ether oxygens (including phenoxy) is 1. The van der Waals surface area contributed by atoms with E-state index >= 15 is 0 Å². The monoisotopic (exact) mass is 512 g/mol. The lowest BCUT2D eigenvalue weighted by Crippen LogP contribution is -2.71. The normalized spacial score (nSPS) is 25.5. The summed E-state index contributed by atoms with van der Waals surface area (Å²) in [6.45, 7) is 11.3. The summed E-state index contributed by atoms with van der Waals surface area (Å²) in [6.07, 6.45) is 5.54. The highest BCUT2D eigenvalue weighted by molar-refractivity contribution is 7.17. The minimum Gasteiger partial charge on any atom is -0.494 e. The van der Waals surface area contributed by atoms with E-state index in [-0.39, 0.29) is 0 Å². The first-order valence-corrected chi connectivity index (χ1v) is 12.9. The fraction of sp³-hybridized carbons (Fsp3) is 0.440. The fourth-order valence-electron chi connectivity index (χ4n) is 4.94. The average Bonchev–Trinajstić information content (AvgIpc) is 3.33. The van der Waals surface area contributed by atoms with Crippen molar-refractivity contribution >= 4 is 51.2 Å². The molecule has 36 heavy (non-hydrogen) atoms. The van der Waals surface area contributed by atoms with Gasteiger partial charge in [0, 0.05) is 36.8 Å². The van der Waals surface area contributed by atoms with Crippen molar-refractivity contribution in [3.63, 3.8) is 0 Å². The molecule has 2 aromatic rings. The smallest absolute Gasteiger partial charge is 0.318 e. The summed E-state index contributed by atoms with van der Waals surface area (Å²) in [5.74, 6) is -2.47. The molecule has 4 N–H and O–H groups in total. The van der Waals surface area contributed by atoms with E-state index in [1.807, 2.05) is 30.9 Å². The lowest BCUT2D eigenvalue weighted by molar-refractivity contribution is -0.155. The summed E-state index contributed by atoms with van der Waals surface area (Å²) in [7, 11) is 0. The molecule has 192 valence electrons. The zero-order valence-electron chi connectivity index (χ0n) is 20.7.